The van der Waals surface area contributed by atoms with Crippen molar-refractivity contribution in [3.05, 3.63) is 0 Å². The molecule has 0 aliphatic heterocycles. The lowest BCUT2D eigenvalue weighted by Gasteiger charge is -2.24. The van der Waals surface area contributed by atoms with E-state index in [1.807, 2.05) is 0 Å². The first-order valence-electron chi connectivity index (χ1n) is 5.57. The lowest BCUT2D eigenvalue weighted by molar-refractivity contribution is -0.00000468. The van der Waals surface area contributed by atoms with Crippen LogP contribution in [0.3, 0.4) is 0 Å². The Hall–Kier alpha value is -1.32. The molecule has 0 fully saturated rings. The molecule has 0 aromatic carbocycles. The topological polar surface area (TPSA) is 95.2 Å². The van der Waals surface area contributed by atoms with Gasteiger partial charge in [0.2, 0.25) is 0 Å². The molecule has 0 aliphatic rings. The van der Waals surface area contributed by atoms with Gasteiger partial charge in [0.05, 0.1) is 74.6 Å². The summed E-state index contributed by atoms with van der Waals surface area (Å²) in [5, 5.41) is 34.7. The van der Waals surface area contributed by atoms with Crippen LogP contribution in [0.5, 0.6) is 0 Å². The lowest BCUT2D eigenvalue weighted by atomic mass is 10.5. The predicted molar refractivity (Wildman–Crippen MR) is 67.3 cm³/mol. The molecule has 0 heterocycles. The standard InChI is InChI=1S/C12H16N4P.ClH/c13-5-1-9-17(10-2-6-14,11-3-7-15)12-4-8-16;/h1-4,9-12H2;1H/q+1;/p-1. The molecule has 0 aromatic rings. The molecule has 0 unspecified atom stereocenters. The molecule has 0 N–H and O–H groups in total. The first kappa shape index (κ1) is 19.0. The Labute approximate surface area is 116 Å². The average Bonchev–Trinajstić information content (AvgIpc) is 2.37. The fourth-order valence-corrected chi connectivity index (χ4v) is 5.46. The Balaban J connectivity index is 0. The zero-order valence-corrected chi connectivity index (χ0v) is 11.9. The van der Waals surface area contributed by atoms with Crippen LogP contribution in [0.2, 0.25) is 0 Å². The molecule has 0 spiro atoms. The monoisotopic (exact) mass is 282 g/mol. The van der Waals surface area contributed by atoms with Crippen molar-refractivity contribution in [3.63, 3.8) is 0 Å². The molecule has 0 atom stereocenters. The van der Waals surface area contributed by atoms with Gasteiger partial charge in [-0.15, -0.1) is 0 Å². The molecule has 0 aromatic heterocycles. The van der Waals surface area contributed by atoms with Gasteiger partial charge in [0.15, 0.2) is 0 Å². The van der Waals surface area contributed by atoms with Gasteiger partial charge >= 0.3 is 0 Å². The Morgan fingerprint density at radius 1 is 0.556 bits per heavy atom. The van der Waals surface area contributed by atoms with E-state index in [4.69, 9.17) is 21.0 Å². The van der Waals surface area contributed by atoms with Crippen LogP contribution in [0.25, 0.3) is 0 Å². The normalized spacial score (nSPS) is 9.11. The number of rotatable bonds is 8. The molecule has 0 bridgehead atoms. The number of halogens is 1. The summed E-state index contributed by atoms with van der Waals surface area (Å²) in [6, 6.07) is 8.53. The smallest absolute Gasteiger partial charge is 0.0725 e. The van der Waals surface area contributed by atoms with Crippen molar-refractivity contribution in [2.24, 2.45) is 0 Å². The van der Waals surface area contributed by atoms with E-state index in [1.165, 1.54) is 0 Å². The molecule has 0 saturated heterocycles. The van der Waals surface area contributed by atoms with Crippen molar-refractivity contribution in [2.75, 3.05) is 24.6 Å². The Morgan fingerprint density at radius 2 is 0.778 bits per heavy atom. The molecule has 18 heavy (non-hydrogen) atoms. The van der Waals surface area contributed by atoms with Gasteiger partial charge in [0.1, 0.15) is 0 Å². The van der Waals surface area contributed by atoms with E-state index in [0.29, 0.717) is 25.7 Å². The van der Waals surface area contributed by atoms with Gasteiger partial charge in [0.25, 0.3) is 0 Å². The summed E-state index contributed by atoms with van der Waals surface area (Å²) in [6.07, 6.45) is 5.02. The highest BCUT2D eigenvalue weighted by Gasteiger charge is 2.35. The van der Waals surface area contributed by atoms with Gasteiger partial charge in [-0.05, 0) is 0 Å². The number of nitrogens with zero attached hydrogens (tertiary/aromatic N) is 4. The third kappa shape index (κ3) is 7.87. The zero-order chi connectivity index (χ0) is 13.0. The maximum absolute atomic E-state index is 8.68. The van der Waals surface area contributed by atoms with Crippen LogP contribution in [-0.2, 0) is 0 Å². The van der Waals surface area contributed by atoms with Crippen LogP contribution in [0.1, 0.15) is 25.7 Å². The number of hydrogen-bond acceptors (Lipinski definition) is 4. The molecule has 0 aliphatic carbocycles. The van der Waals surface area contributed by atoms with E-state index in [0.717, 1.165) is 24.6 Å². The van der Waals surface area contributed by atoms with Crippen LogP contribution < -0.4 is 12.4 Å². The number of nitriles is 4. The second-order valence-electron chi connectivity index (χ2n) is 3.87. The summed E-state index contributed by atoms with van der Waals surface area (Å²) in [6.45, 7) is 0. The van der Waals surface area contributed by atoms with E-state index in [1.54, 1.807) is 0 Å². The minimum Gasteiger partial charge on any atom is -1.00 e. The summed E-state index contributed by atoms with van der Waals surface area (Å²) in [7, 11) is -1.45. The molecule has 6 heteroatoms. The van der Waals surface area contributed by atoms with Gasteiger partial charge in [-0.25, -0.2) is 0 Å². The fourth-order valence-electron chi connectivity index (χ4n) is 1.82. The van der Waals surface area contributed by atoms with E-state index in [9.17, 15) is 0 Å². The third-order valence-corrected chi connectivity index (χ3v) is 7.48. The summed E-state index contributed by atoms with van der Waals surface area (Å²) in [5.41, 5.74) is 0. The summed E-state index contributed by atoms with van der Waals surface area (Å²) >= 11 is 0. The quantitative estimate of drug-likeness (QED) is 0.569. The summed E-state index contributed by atoms with van der Waals surface area (Å²) < 4.78 is 0. The molecule has 0 saturated carbocycles. The second-order valence-corrected chi connectivity index (χ2v) is 8.34. The van der Waals surface area contributed by atoms with Crippen molar-refractivity contribution >= 4 is 7.26 Å². The average molecular weight is 283 g/mol. The lowest BCUT2D eigenvalue weighted by Crippen LogP contribution is -3.00. The van der Waals surface area contributed by atoms with Gasteiger partial charge in [-0.1, -0.05) is 0 Å². The maximum Gasteiger partial charge on any atom is 0.0725 e. The molecule has 0 rings (SSSR count). The molecule has 4 nitrogen and oxygen atoms in total. The molecular formula is C12H16ClN4P. The van der Waals surface area contributed by atoms with Gasteiger partial charge < -0.3 is 12.4 Å². The third-order valence-electron chi connectivity index (χ3n) is 2.79. The Kier molecular flexibility index (Phi) is 12.8. The minimum absolute atomic E-state index is 0. The maximum atomic E-state index is 8.68. The van der Waals surface area contributed by atoms with E-state index >= 15 is 0 Å². The Morgan fingerprint density at radius 3 is 0.944 bits per heavy atom. The SMILES string of the molecule is N#CCC[P+](CCC#N)(CCC#N)CCC#N.[Cl-]. The first-order chi connectivity index (χ1) is 8.24. The predicted octanol–water partition coefficient (Wildman–Crippen LogP) is -0.337. The summed E-state index contributed by atoms with van der Waals surface area (Å²) in [4.78, 5) is 0. The van der Waals surface area contributed by atoms with Crippen LogP contribution in [0.15, 0.2) is 0 Å². The van der Waals surface area contributed by atoms with Crippen LogP contribution >= 0.6 is 7.26 Å². The van der Waals surface area contributed by atoms with Gasteiger partial charge in [-0.3, -0.25) is 0 Å². The molecule has 0 amide bonds. The van der Waals surface area contributed by atoms with E-state index < -0.39 is 7.26 Å². The van der Waals surface area contributed by atoms with E-state index in [-0.39, 0.29) is 12.4 Å². The Bertz CT molecular complexity index is 305. The van der Waals surface area contributed by atoms with Gasteiger partial charge in [0, 0.05) is 7.26 Å². The number of hydrogen-bond donors (Lipinski definition) is 0. The second kappa shape index (κ2) is 12.1. The van der Waals surface area contributed by atoms with Crippen molar-refractivity contribution in [2.45, 2.75) is 25.7 Å². The molecule has 0 radical (unpaired) electrons. The van der Waals surface area contributed by atoms with Gasteiger partial charge in [-0.2, -0.15) is 21.0 Å². The van der Waals surface area contributed by atoms with Crippen LogP contribution in [0.4, 0.5) is 0 Å². The summed E-state index contributed by atoms with van der Waals surface area (Å²) in [5.74, 6) is 0. The van der Waals surface area contributed by atoms with Crippen molar-refractivity contribution in [1.29, 1.82) is 21.0 Å². The van der Waals surface area contributed by atoms with E-state index in [2.05, 4.69) is 24.3 Å². The van der Waals surface area contributed by atoms with Crippen molar-refractivity contribution in [3.8, 4) is 24.3 Å². The molecule has 96 valence electrons. The fraction of sp³-hybridized carbons (Fsp3) is 0.667. The molecular weight excluding hydrogens is 267 g/mol. The first-order valence-corrected chi connectivity index (χ1v) is 8.10. The highest BCUT2D eigenvalue weighted by molar-refractivity contribution is 7.75. The largest absolute Gasteiger partial charge is 1.00 e. The minimum atomic E-state index is -1.45. The zero-order valence-electron chi connectivity index (χ0n) is 10.3. The van der Waals surface area contributed by atoms with Crippen LogP contribution in [-0.4, -0.2) is 24.6 Å². The highest BCUT2D eigenvalue weighted by Crippen LogP contribution is 2.60. The van der Waals surface area contributed by atoms with Crippen LogP contribution in [0, 0.1) is 45.3 Å². The van der Waals surface area contributed by atoms with Crippen molar-refractivity contribution in [1.82, 2.24) is 0 Å². The highest BCUT2D eigenvalue weighted by atomic mass is 35.5. The van der Waals surface area contributed by atoms with Crippen molar-refractivity contribution < 1.29 is 12.4 Å².